The first kappa shape index (κ1) is 15.7. The van der Waals surface area contributed by atoms with Gasteiger partial charge in [-0.15, -0.1) is 0 Å². The molecule has 0 spiro atoms. The number of anilines is 2. The summed E-state index contributed by atoms with van der Waals surface area (Å²) in [6, 6.07) is 1.89. The topological polar surface area (TPSA) is 70.1 Å². The van der Waals surface area contributed by atoms with Gasteiger partial charge in [0.05, 0.1) is 6.10 Å². The number of nitrogens with one attached hydrogen (secondary N) is 2. The fraction of sp³-hybridized carbons (Fsp3) is 0.714. The van der Waals surface area contributed by atoms with E-state index in [2.05, 4.69) is 41.4 Å². The third-order valence-corrected chi connectivity index (χ3v) is 2.81. The molecule has 5 heteroatoms. The van der Waals surface area contributed by atoms with Crippen LogP contribution in [0.4, 0.5) is 11.6 Å². The molecule has 0 radical (unpaired) electrons. The standard InChI is InChI=1S/C14H26N4O/c1-5-7-15-12-8-13(16-9-11(19)6-2)18-14(17-12)10(3)4/h8,10-11,19H,5-7,9H2,1-4H3,(H2,15,16,17,18). The van der Waals surface area contributed by atoms with Gasteiger partial charge < -0.3 is 15.7 Å². The van der Waals surface area contributed by atoms with Crippen molar-refractivity contribution < 1.29 is 5.11 Å². The fourth-order valence-electron chi connectivity index (χ4n) is 1.52. The first-order valence-electron chi connectivity index (χ1n) is 7.11. The van der Waals surface area contributed by atoms with E-state index in [1.165, 1.54) is 0 Å². The molecule has 1 atom stereocenters. The van der Waals surface area contributed by atoms with Crippen LogP contribution in [-0.2, 0) is 0 Å². The van der Waals surface area contributed by atoms with Gasteiger partial charge in [-0.3, -0.25) is 0 Å². The van der Waals surface area contributed by atoms with Crippen molar-refractivity contribution in [2.24, 2.45) is 0 Å². The number of rotatable bonds is 8. The Labute approximate surface area is 115 Å². The monoisotopic (exact) mass is 266 g/mol. The molecule has 1 aromatic rings. The molecule has 19 heavy (non-hydrogen) atoms. The van der Waals surface area contributed by atoms with Crippen molar-refractivity contribution in [2.75, 3.05) is 23.7 Å². The van der Waals surface area contributed by atoms with Gasteiger partial charge in [-0.1, -0.05) is 27.7 Å². The quantitative estimate of drug-likeness (QED) is 0.674. The molecule has 108 valence electrons. The largest absolute Gasteiger partial charge is 0.391 e. The zero-order valence-electron chi connectivity index (χ0n) is 12.4. The van der Waals surface area contributed by atoms with Crippen LogP contribution >= 0.6 is 0 Å². The van der Waals surface area contributed by atoms with Crippen LogP contribution in [0.1, 0.15) is 52.3 Å². The van der Waals surface area contributed by atoms with Gasteiger partial charge in [0.15, 0.2) is 0 Å². The smallest absolute Gasteiger partial charge is 0.135 e. The van der Waals surface area contributed by atoms with Crippen LogP contribution < -0.4 is 10.6 Å². The molecule has 1 rings (SSSR count). The van der Waals surface area contributed by atoms with Crippen LogP contribution in [0, 0.1) is 0 Å². The molecular weight excluding hydrogens is 240 g/mol. The highest BCUT2D eigenvalue weighted by Gasteiger charge is 2.09. The molecule has 5 nitrogen and oxygen atoms in total. The van der Waals surface area contributed by atoms with Crippen molar-refractivity contribution in [3.63, 3.8) is 0 Å². The summed E-state index contributed by atoms with van der Waals surface area (Å²) in [5, 5.41) is 16.0. The van der Waals surface area contributed by atoms with Crippen LogP contribution in [0.5, 0.6) is 0 Å². The number of aliphatic hydroxyl groups excluding tert-OH is 1. The summed E-state index contributed by atoms with van der Waals surface area (Å²) in [5.41, 5.74) is 0. The van der Waals surface area contributed by atoms with Gasteiger partial charge >= 0.3 is 0 Å². The van der Waals surface area contributed by atoms with E-state index in [9.17, 15) is 5.11 Å². The molecule has 0 bridgehead atoms. The molecule has 0 fully saturated rings. The molecule has 1 unspecified atom stereocenters. The zero-order valence-corrected chi connectivity index (χ0v) is 12.4. The summed E-state index contributed by atoms with van der Waals surface area (Å²) in [4.78, 5) is 8.97. The minimum atomic E-state index is -0.343. The van der Waals surface area contributed by atoms with Gasteiger partial charge in [-0.2, -0.15) is 0 Å². The summed E-state index contributed by atoms with van der Waals surface area (Å²) in [5.74, 6) is 2.70. The molecule has 0 amide bonds. The van der Waals surface area contributed by atoms with E-state index in [-0.39, 0.29) is 12.0 Å². The molecule has 0 aliphatic heterocycles. The molecule has 3 N–H and O–H groups in total. The van der Waals surface area contributed by atoms with Gasteiger partial charge in [0.2, 0.25) is 0 Å². The Hall–Kier alpha value is -1.36. The minimum Gasteiger partial charge on any atom is -0.391 e. The maximum absolute atomic E-state index is 9.59. The van der Waals surface area contributed by atoms with Crippen molar-refractivity contribution in [2.45, 2.75) is 52.6 Å². The maximum atomic E-state index is 9.59. The van der Waals surface area contributed by atoms with Crippen LogP contribution in [0.15, 0.2) is 6.07 Å². The van der Waals surface area contributed by atoms with Crippen molar-refractivity contribution in [1.29, 1.82) is 0 Å². The molecule has 0 saturated heterocycles. The van der Waals surface area contributed by atoms with Crippen LogP contribution in [0.3, 0.4) is 0 Å². The Kier molecular flexibility index (Phi) is 6.56. The summed E-state index contributed by atoms with van der Waals surface area (Å²) in [7, 11) is 0. The second-order valence-corrected chi connectivity index (χ2v) is 5.02. The van der Waals surface area contributed by atoms with Gasteiger partial charge in [-0.25, -0.2) is 9.97 Å². The van der Waals surface area contributed by atoms with Crippen LogP contribution in [-0.4, -0.2) is 34.3 Å². The lowest BCUT2D eigenvalue weighted by atomic mass is 10.2. The SMILES string of the molecule is CCCNc1cc(NCC(O)CC)nc(C(C)C)n1. The summed E-state index contributed by atoms with van der Waals surface area (Å²) < 4.78 is 0. The highest BCUT2D eigenvalue weighted by Crippen LogP contribution is 2.17. The van der Waals surface area contributed by atoms with Crippen molar-refractivity contribution >= 4 is 11.6 Å². The molecule has 1 aromatic heterocycles. The van der Waals surface area contributed by atoms with E-state index in [1.807, 2.05) is 13.0 Å². The van der Waals surface area contributed by atoms with Crippen molar-refractivity contribution in [1.82, 2.24) is 9.97 Å². The van der Waals surface area contributed by atoms with Crippen LogP contribution in [0.25, 0.3) is 0 Å². The Morgan fingerprint density at radius 1 is 1.16 bits per heavy atom. The van der Waals surface area contributed by atoms with E-state index in [1.54, 1.807) is 0 Å². The molecule has 0 aliphatic carbocycles. The minimum absolute atomic E-state index is 0.278. The second kappa shape index (κ2) is 7.94. The Morgan fingerprint density at radius 3 is 2.32 bits per heavy atom. The summed E-state index contributed by atoms with van der Waals surface area (Å²) in [6.45, 7) is 9.63. The number of hydrogen-bond donors (Lipinski definition) is 3. The summed E-state index contributed by atoms with van der Waals surface area (Å²) >= 11 is 0. The normalized spacial score (nSPS) is 12.5. The number of hydrogen-bond acceptors (Lipinski definition) is 5. The fourth-order valence-corrected chi connectivity index (χ4v) is 1.52. The van der Waals surface area contributed by atoms with E-state index in [0.29, 0.717) is 6.54 Å². The van der Waals surface area contributed by atoms with Gasteiger partial charge in [-0.05, 0) is 12.8 Å². The lowest BCUT2D eigenvalue weighted by Crippen LogP contribution is -2.19. The van der Waals surface area contributed by atoms with Gasteiger partial charge in [0, 0.05) is 25.1 Å². The lowest BCUT2D eigenvalue weighted by Gasteiger charge is -2.14. The Bertz CT molecular complexity index is 382. The predicted octanol–water partition coefficient (Wildman–Crippen LogP) is 2.60. The van der Waals surface area contributed by atoms with E-state index in [0.717, 1.165) is 36.8 Å². The Morgan fingerprint density at radius 2 is 1.79 bits per heavy atom. The Balaban J connectivity index is 2.80. The maximum Gasteiger partial charge on any atom is 0.135 e. The second-order valence-electron chi connectivity index (χ2n) is 5.02. The number of aliphatic hydroxyl groups is 1. The van der Waals surface area contributed by atoms with E-state index in [4.69, 9.17) is 0 Å². The van der Waals surface area contributed by atoms with Crippen LogP contribution in [0.2, 0.25) is 0 Å². The van der Waals surface area contributed by atoms with Crippen molar-refractivity contribution in [3.05, 3.63) is 11.9 Å². The first-order chi connectivity index (χ1) is 9.06. The molecule has 0 aromatic carbocycles. The molecule has 0 saturated carbocycles. The summed E-state index contributed by atoms with van der Waals surface area (Å²) in [6.07, 6.45) is 1.44. The molecule has 1 heterocycles. The van der Waals surface area contributed by atoms with Gasteiger partial charge in [0.1, 0.15) is 17.5 Å². The third-order valence-electron chi connectivity index (χ3n) is 2.81. The predicted molar refractivity (Wildman–Crippen MR) is 79.7 cm³/mol. The number of nitrogens with zero attached hydrogens (tertiary/aromatic N) is 2. The molecule has 0 aliphatic rings. The van der Waals surface area contributed by atoms with Crippen molar-refractivity contribution in [3.8, 4) is 0 Å². The average molecular weight is 266 g/mol. The highest BCUT2D eigenvalue weighted by atomic mass is 16.3. The zero-order chi connectivity index (χ0) is 14.3. The first-order valence-corrected chi connectivity index (χ1v) is 7.11. The van der Waals surface area contributed by atoms with Gasteiger partial charge in [0.25, 0.3) is 0 Å². The van der Waals surface area contributed by atoms with E-state index >= 15 is 0 Å². The molecular formula is C14H26N4O. The average Bonchev–Trinajstić information content (AvgIpc) is 2.42. The lowest BCUT2D eigenvalue weighted by molar-refractivity contribution is 0.183. The van der Waals surface area contributed by atoms with E-state index < -0.39 is 0 Å². The third kappa shape index (κ3) is 5.42. The number of aromatic nitrogens is 2. The highest BCUT2D eigenvalue weighted by molar-refractivity contribution is 5.47.